The van der Waals surface area contributed by atoms with Crippen molar-refractivity contribution in [1.82, 2.24) is 0 Å². The monoisotopic (exact) mass is 213 g/mol. The first kappa shape index (κ1) is 10.4. The normalized spacial score (nSPS) is 13.2. The molecule has 0 saturated heterocycles. The van der Waals surface area contributed by atoms with Gasteiger partial charge in [-0.05, 0) is 26.0 Å². The van der Waals surface area contributed by atoms with Crippen LogP contribution in [0.15, 0.2) is 34.9 Å². The first-order valence-electron chi connectivity index (χ1n) is 3.38. The molecular formula is C9H12BrN. The molecule has 1 nitrogen and oxygen atoms in total. The Hall–Kier alpha value is -0.630. The van der Waals surface area contributed by atoms with Crippen LogP contribution in [0.5, 0.6) is 0 Å². The largest absolute Gasteiger partial charge is 0.306 e. The summed E-state index contributed by atoms with van der Waals surface area (Å²) in [4.78, 5) is 0. The molecule has 0 aliphatic carbocycles. The second-order valence-corrected chi connectivity index (χ2v) is 3.01. The molecule has 0 aliphatic heterocycles. The maximum atomic E-state index is 7.09. The molecule has 0 saturated carbocycles. The number of hydrogen-bond acceptors (Lipinski definition) is 1. The van der Waals surface area contributed by atoms with E-state index >= 15 is 0 Å². The summed E-state index contributed by atoms with van der Waals surface area (Å²) in [6.45, 7) is 3.70. The predicted molar refractivity (Wildman–Crippen MR) is 54.4 cm³/mol. The Morgan fingerprint density at radius 3 is 2.45 bits per heavy atom. The molecule has 0 aliphatic rings. The molecule has 11 heavy (non-hydrogen) atoms. The lowest BCUT2D eigenvalue weighted by Gasteiger charge is -1.83. The fraction of sp³-hybridized carbons (Fsp3) is 0.222. The average Bonchev–Trinajstić information content (AvgIpc) is 1.87. The Kier molecular flexibility index (Phi) is 5.75. The van der Waals surface area contributed by atoms with E-state index in [9.17, 15) is 0 Å². The van der Waals surface area contributed by atoms with Crippen LogP contribution >= 0.6 is 15.9 Å². The van der Waals surface area contributed by atoms with E-state index in [0.717, 1.165) is 4.48 Å². The Morgan fingerprint density at radius 1 is 1.36 bits per heavy atom. The van der Waals surface area contributed by atoms with Crippen LogP contribution in [-0.4, -0.2) is 5.71 Å². The lowest BCUT2D eigenvalue weighted by Crippen LogP contribution is -1.75. The minimum Gasteiger partial charge on any atom is -0.306 e. The first-order chi connectivity index (χ1) is 5.16. The second kappa shape index (κ2) is 6.10. The van der Waals surface area contributed by atoms with Crippen molar-refractivity contribution in [3.63, 3.8) is 0 Å². The average molecular weight is 214 g/mol. The van der Waals surface area contributed by atoms with Crippen LogP contribution in [-0.2, 0) is 0 Å². The van der Waals surface area contributed by atoms with Gasteiger partial charge in [0.15, 0.2) is 0 Å². The van der Waals surface area contributed by atoms with E-state index in [2.05, 4.69) is 15.9 Å². The predicted octanol–water partition coefficient (Wildman–Crippen LogP) is 3.44. The molecule has 60 valence electrons. The summed E-state index contributed by atoms with van der Waals surface area (Å²) < 4.78 is 1.01. The zero-order valence-corrected chi connectivity index (χ0v) is 8.35. The van der Waals surface area contributed by atoms with Crippen molar-refractivity contribution in [3.05, 3.63) is 34.9 Å². The summed E-state index contributed by atoms with van der Waals surface area (Å²) in [5, 5.41) is 7.09. The van der Waals surface area contributed by atoms with Crippen molar-refractivity contribution in [2.24, 2.45) is 0 Å². The third kappa shape index (κ3) is 7.26. The van der Waals surface area contributed by atoms with Crippen LogP contribution in [0.25, 0.3) is 0 Å². The highest BCUT2D eigenvalue weighted by atomic mass is 79.9. The van der Waals surface area contributed by atoms with Crippen LogP contribution in [0, 0.1) is 5.41 Å². The van der Waals surface area contributed by atoms with Gasteiger partial charge in [0, 0.05) is 10.2 Å². The van der Waals surface area contributed by atoms with E-state index in [1.165, 1.54) is 0 Å². The lowest BCUT2D eigenvalue weighted by molar-refractivity contribution is 1.50. The van der Waals surface area contributed by atoms with Crippen molar-refractivity contribution in [2.45, 2.75) is 13.8 Å². The van der Waals surface area contributed by atoms with Gasteiger partial charge in [-0.25, -0.2) is 0 Å². The summed E-state index contributed by atoms with van der Waals surface area (Å²) in [7, 11) is 0. The molecule has 2 heteroatoms. The fourth-order valence-corrected chi connectivity index (χ4v) is 0.916. The molecule has 0 spiro atoms. The minimum atomic E-state index is 0.557. The first-order valence-corrected chi connectivity index (χ1v) is 4.18. The number of rotatable bonds is 3. The third-order valence-corrected chi connectivity index (χ3v) is 1.46. The van der Waals surface area contributed by atoms with Crippen molar-refractivity contribution in [3.8, 4) is 0 Å². The van der Waals surface area contributed by atoms with Gasteiger partial charge in [-0.15, -0.1) is 0 Å². The van der Waals surface area contributed by atoms with Crippen molar-refractivity contribution >= 4 is 21.6 Å². The van der Waals surface area contributed by atoms with Crippen LogP contribution in [0.3, 0.4) is 0 Å². The van der Waals surface area contributed by atoms with E-state index in [-0.39, 0.29) is 0 Å². The van der Waals surface area contributed by atoms with E-state index in [4.69, 9.17) is 5.41 Å². The van der Waals surface area contributed by atoms with Gasteiger partial charge in [0.2, 0.25) is 0 Å². The summed E-state index contributed by atoms with van der Waals surface area (Å²) in [5.41, 5.74) is 0.557. The Balaban J connectivity index is 4.01. The summed E-state index contributed by atoms with van der Waals surface area (Å²) >= 11 is 3.34. The number of halogens is 1. The minimum absolute atomic E-state index is 0.557. The standard InChI is InChI=1S/C9H12BrN/c1-3-5-9(10)7-4-6-8(2)11/h3-7,11H,1-2H3/b5-3-,6-4+,9-7+,11-8?. The lowest BCUT2D eigenvalue weighted by atomic mass is 10.3. The molecule has 0 aromatic carbocycles. The van der Waals surface area contributed by atoms with E-state index in [1.807, 2.05) is 31.2 Å². The highest BCUT2D eigenvalue weighted by Crippen LogP contribution is 2.05. The third-order valence-electron chi connectivity index (χ3n) is 0.928. The number of nitrogens with one attached hydrogen (secondary N) is 1. The van der Waals surface area contributed by atoms with Crippen molar-refractivity contribution in [2.75, 3.05) is 0 Å². The molecule has 0 bridgehead atoms. The van der Waals surface area contributed by atoms with Gasteiger partial charge < -0.3 is 5.41 Å². The van der Waals surface area contributed by atoms with Crippen LogP contribution in [0.4, 0.5) is 0 Å². The maximum Gasteiger partial charge on any atom is 0.0282 e. The molecule has 0 fully saturated rings. The van der Waals surface area contributed by atoms with Crippen LogP contribution in [0.1, 0.15) is 13.8 Å². The van der Waals surface area contributed by atoms with Gasteiger partial charge in [0.05, 0.1) is 0 Å². The smallest absolute Gasteiger partial charge is 0.0282 e. The molecule has 0 radical (unpaired) electrons. The molecule has 0 amide bonds. The molecule has 0 rings (SSSR count). The van der Waals surface area contributed by atoms with E-state index < -0.39 is 0 Å². The van der Waals surface area contributed by atoms with Gasteiger partial charge in [0.25, 0.3) is 0 Å². The molecular weight excluding hydrogens is 202 g/mol. The van der Waals surface area contributed by atoms with Crippen molar-refractivity contribution < 1.29 is 0 Å². The zero-order chi connectivity index (χ0) is 8.69. The SMILES string of the molecule is C\C=C/C(Br)=C\C=C\C(C)=N. The Bertz CT molecular complexity index is 212. The highest BCUT2D eigenvalue weighted by molar-refractivity contribution is 9.11. The van der Waals surface area contributed by atoms with Crippen LogP contribution in [0.2, 0.25) is 0 Å². The number of allylic oxidation sites excluding steroid dienone is 6. The van der Waals surface area contributed by atoms with Gasteiger partial charge in [-0.1, -0.05) is 34.2 Å². The molecule has 0 aromatic rings. The summed E-state index contributed by atoms with van der Waals surface area (Å²) in [6.07, 6.45) is 9.38. The quantitative estimate of drug-likeness (QED) is 0.549. The second-order valence-electron chi connectivity index (χ2n) is 2.09. The maximum absolute atomic E-state index is 7.09. The van der Waals surface area contributed by atoms with Crippen molar-refractivity contribution in [1.29, 1.82) is 5.41 Å². The fourth-order valence-electron chi connectivity index (χ4n) is 0.499. The Morgan fingerprint density at radius 2 is 2.00 bits per heavy atom. The van der Waals surface area contributed by atoms with Gasteiger partial charge in [-0.2, -0.15) is 0 Å². The summed E-state index contributed by atoms with van der Waals surface area (Å²) in [5.74, 6) is 0. The topological polar surface area (TPSA) is 23.9 Å². The molecule has 0 atom stereocenters. The number of hydrogen-bond donors (Lipinski definition) is 1. The van der Waals surface area contributed by atoms with E-state index in [1.54, 1.807) is 13.0 Å². The molecule has 1 N–H and O–H groups in total. The molecule has 0 heterocycles. The van der Waals surface area contributed by atoms with E-state index in [0.29, 0.717) is 5.71 Å². The zero-order valence-electron chi connectivity index (χ0n) is 6.76. The summed E-state index contributed by atoms with van der Waals surface area (Å²) in [6, 6.07) is 0. The van der Waals surface area contributed by atoms with Crippen LogP contribution < -0.4 is 0 Å². The van der Waals surface area contributed by atoms with Gasteiger partial charge in [0.1, 0.15) is 0 Å². The molecule has 0 aromatic heterocycles. The van der Waals surface area contributed by atoms with Gasteiger partial charge in [-0.3, -0.25) is 0 Å². The Labute approximate surface area is 76.1 Å². The highest BCUT2D eigenvalue weighted by Gasteiger charge is 1.78. The molecule has 0 unspecified atom stereocenters. The van der Waals surface area contributed by atoms with Gasteiger partial charge >= 0.3 is 0 Å².